The first-order valence-corrected chi connectivity index (χ1v) is 6.91. The molecule has 1 aromatic rings. The molecule has 0 saturated carbocycles. The second-order valence-corrected chi connectivity index (χ2v) is 5.94. The lowest BCUT2D eigenvalue weighted by Gasteiger charge is -2.21. The third-order valence-corrected chi connectivity index (χ3v) is 4.42. The normalized spacial score (nSPS) is 17.0. The second-order valence-electron chi connectivity index (χ2n) is 3.68. The van der Waals surface area contributed by atoms with Gasteiger partial charge in [0.1, 0.15) is 6.07 Å². The highest BCUT2D eigenvalue weighted by molar-refractivity contribution is 9.10. The smallest absolute Gasteiger partial charge is 0.100 e. The number of hydrogen-bond donors (Lipinski definition) is 0. The summed E-state index contributed by atoms with van der Waals surface area (Å²) in [5.74, 6) is 0. The summed E-state index contributed by atoms with van der Waals surface area (Å²) in [5.41, 5.74) is 0.764. The molecule has 0 spiro atoms. The van der Waals surface area contributed by atoms with Crippen molar-refractivity contribution in [1.29, 1.82) is 5.26 Å². The van der Waals surface area contributed by atoms with Gasteiger partial charge in [0.15, 0.2) is 0 Å². The molecule has 0 bridgehead atoms. The summed E-state index contributed by atoms with van der Waals surface area (Å²) < 4.78 is 6.36. The van der Waals surface area contributed by atoms with E-state index in [1.54, 1.807) is 11.8 Å². The number of benzene rings is 1. The van der Waals surface area contributed by atoms with Gasteiger partial charge in [-0.15, -0.1) is 11.8 Å². The summed E-state index contributed by atoms with van der Waals surface area (Å²) >= 11 is 5.24. The van der Waals surface area contributed by atoms with E-state index in [9.17, 15) is 0 Å². The molecule has 1 aromatic carbocycles. The molecule has 0 aromatic heterocycles. The summed E-state index contributed by atoms with van der Waals surface area (Å²) in [7, 11) is 0. The van der Waals surface area contributed by atoms with E-state index >= 15 is 0 Å². The van der Waals surface area contributed by atoms with Gasteiger partial charge in [-0.05, 0) is 31.0 Å². The standard InChI is InChI=1S/C12H12BrNOS/c13-10-2-1-9(8-14)12(7-10)16-11-3-5-15-6-4-11/h1-2,7,11H,3-6H2. The molecule has 1 aliphatic rings. The predicted octanol–water partition coefficient (Wildman–Crippen LogP) is 3.59. The molecule has 0 amide bonds. The summed E-state index contributed by atoms with van der Waals surface area (Å²) in [4.78, 5) is 1.07. The highest BCUT2D eigenvalue weighted by Gasteiger charge is 2.16. The minimum absolute atomic E-state index is 0.579. The average Bonchev–Trinajstić information content (AvgIpc) is 2.31. The van der Waals surface area contributed by atoms with E-state index in [0.29, 0.717) is 5.25 Å². The minimum Gasteiger partial charge on any atom is -0.381 e. The lowest BCUT2D eigenvalue weighted by Crippen LogP contribution is -2.17. The zero-order valence-electron chi connectivity index (χ0n) is 8.78. The zero-order chi connectivity index (χ0) is 11.4. The molecule has 84 valence electrons. The Balaban J connectivity index is 2.13. The Kier molecular flexibility index (Phi) is 4.28. The van der Waals surface area contributed by atoms with Gasteiger partial charge in [-0.1, -0.05) is 15.9 Å². The largest absolute Gasteiger partial charge is 0.381 e. The van der Waals surface area contributed by atoms with Crippen LogP contribution >= 0.6 is 27.7 Å². The molecular weight excluding hydrogens is 286 g/mol. The number of hydrogen-bond acceptors (Lipinski definition) is 3. The maximum absolute atomic E-state index is 9.04. The third kappa shape index (κ3) is 3.00. The van der Waals surface area contributed by atoms with Gasteiger partial charge in [-0.25, -0.2) is 0 Å². The molecule has 1 heterocycles. The number of thioether (sulfide) groups is 1. The summed E-state index contributed by atoms with van der Waals surface area (Å²) in [6.07, 6.45) is 2.14. The Hall–Kier alpha value is -0.500. The van der Waals surface area contributed by atoms with Crippen LogP contribution in [-0.4, -0.2) is 18.5 Å². The number of ether oxygens (including phenoxy) is 1. The van der Waals surface area contributed by atoms with E-state index in [-0.39, 0.29) is 0 Å². The van der Waals surface area contributed by atoms with Crippen LogP contribution < -0.4 is 0 Å². The van der Waals surface area contributed by atoms with Crippen LogP contribution in [0.5, 0.6) is 0 Å². The third-order valence-electron chi connectivity index (χ3n) is 2.53. The fourth-order valence-electron chi connectivity index (χ4n) is 1.66. The first-order valence-electron chi connectivity index (χ1n) is 5.23. The Morgan fingerprint density at radius 2 is 2.12 bits per heavy atom. The molecule has 0 atom stereocenters. The maximum Gasteiger partial charge on any atom is 0.100 e. The van der Waals surface area contributed by atoms with Crippen LogP contribution in [-0.2, 0) is 4.74 Å². The van der Waals surface area contributed by atoms with Gasteiger partial charge < -0.3 is 4.74 Å². The first-order chi connectivity index (χ1) is 7.79. The van der Waals surface area contributed by atoms with Crippen molar-refractivity contribution >= 4 is 27.7 Å². The van der Waals surface area contributed by atoms with Gasteiger partial charge in [-0.2, -0.15) is 5.26 Å². The van der Waals surface area contributed by atoms with Gasteiger partial charge in [0.2, 0.25) is 0 Å². The molecule has 2 nitrogen and oxygen atoms in total. The van der Waals surface area contributed by atoms with Crippen molar-refractivity contribution in [3.63, 3.8) is 0 Å². The summed E-state index contributed by atoms with van der Waals surface area (Å²) in [6.45, 7) is 1.68. The number of halogens is 1. The Morgan fingerprint density at radius 1 is 1.38 bits per heavy atom. The molecule has 1 fully saturated rings. The molecule has 0 unspecified atom stereocenters. The minimum atomic E-state index is 0.579. The quantitative estimate of drug-likeness (QED) is 0.836. The van der Waals surface area contributed by atoms with Crippen molar-refractivity contribution in [1.82, 2.24) is 0 Å². The van der Waals surface area contributed by atoms with Gasteiger partial charge in [0, 0.05) is 27.8 Å². The summed E-state index contributed by atoms with van der Waals surface area (Å²) in [5, 5.41) is 9.61. The van der Waals surface area contributed by atoms with Crippen LogP contribution in [0, 0.1) is 11.3 Å². The van der Waals surface area contributed by atoms with E-state index in [0.717, 1.165) is 41.0 Å². The van der Waals surface area contributed by atoms with Gasteiger partial charge in [0.25, 0.3) is 0 Å². The van der Waals surface area contributed by atoms with Gasteiger partial charge in [-0.3, -0.25) is 0 Å². The van der Waals surface area contributed by atoms with Crippen molar-refractivity contribution in [2.24, 2.45) is 0 Å². The van der Waals surface area contributed by atoms with Crippen molar-refractivity contribution in [3.8, 4) is 6.07 Å². The topological polar surface area (TPSA) is 33.0 Å². The average molecular weight is 298 g/mol. The van der Waals surface area contributed by atoms with E-state index < -0.39 is 0 Å². The van der Waals surface area contributed by atoms with Crippen LogP contribution in [0.1, 0.15) is 18.4 Å². The maximum atomic E-state index is 9.04. The molecule has 1 saturated heterocycles. The molecule has 1 aliphatic heterocycles. The molecule has 0 radical (unpaired) electrons. The molecule has 16 heavy (non-hydrogen) atoms. The second kappa shape index (κ2) is 5.72. The van der Waals surface area contributed by atoms with E-state index in [2.05, 4.69) is 22.0 Å². The Bertz CT molecular complexity index is 410. The highest BCUT2D eigenvalue weighted by Crippen LogP contribution is 2.33. The SMILES string of the molecule is N#Cc1ccc(Br)cc1SC1CCOCC1. The first kappa shape index (κ1) is 12.0. The molecular formula is C12H12BrNOS. The molecule has 0 N–H and O–H groups in total. The Labute approximate surface area is 108 Å². The van der Waals surface area contributed by atoms with Crippen LogP contribution in [0.4, 0.5) is 0 Å². The lowest BCUT2D eigenvalue weighted by atomic mass is 10.2. The van der Waals surface area contributed by atoms with E-state index in [1.165, 1.54) is 0 Å². The van der Waals surface area contributed by atoms with Crippen LogP contribution in [0.3, 0.4) is 0 Å². The van der Waals surface area contributed by atoms with Gasteiger partial charge >= 0.3 is 0 Å². The monoisotopic (exact) mass is 297 g/mol. The van der Waals surface area contributed by atoms with Crippen LogP contribution in [0.2, 0.25) is 0 Å². The van der Waals surface area contributed by atoms with Crippen LogP contribution in [0.25, 0.3) is 0 Å². The van der Waals surface area contributed by atoms with E-state index in [4.69, 9.17) is 10.00 Å². The molecule has 2 rings (SSSR count). The predicted molar refractivity (Wildman–Crippen MR) is 68.6 cm³/mol. The van der Waals surface area contributed by atoms with E-state index in [1.807, 2.05) is 18.2 Å². The van der Waals surface area contributed by atoms with Gasteiger partial charge in [0.05, 0.1) is 5.56 Å². The van der Waals surface area contributed by atoms with Crippen molar-refractivity contribution in [2.45, 2.75) is 23.0 Å². The number of nitriles is 1. The van der Waals surface area contributed by atoms with Crippen molar-refractivity contribution in [3.05, 3.63) is 28.2 Å². The number of nitrogens with zero attached hydrogens (tertiary/aromatic N) is 1. The molecule has 4 heteroatoms. The highest BCUT2D eigenvalue weighted by atomic mass is 79.9. The number of rotatable bonds is 2. The summed E-state index contributed by atoms with van der Waals surface area (Å²) in [6, 6.07) is 8.04. The van der Waals surface area contributed by atoms with Crippen molar-refractivity contribution < 1.29 is 4.74 Å². The fourth-order valence-corrected chi connectivity index (χ4v) is 3.39. The fraction of sp³-hybridized carbons (Fsp3) is 0.417. The zero-order valence-corrected chi connectivity index (χ0v) is 11.2. The Morgan fingerprint density at radius 3 is 2.81 bits per heavy atom. The van der Waals surface area contributed by atoms with Crippen molar-refractivity contribution in [2.75, 3.05) is 13.2 Å². The molecule has 0 aliphatic carbocycles. The lowest BCUT2D eigenvalue weighted by molar-refractivity contribution is 0.100. The van der Waals surface area contributed by atoms with Crippen LogP contribution in [0.15, 0.2) is 27.6 Å².